The van der Waals surface area contributed by atoms with E-state index >= 15 is 0 Å². The predicted octanol–water partition coefficient (Wildman–Crippen LogP) is 1.36. The molecule has 0 heterocycles. The van der Waals surface area contributed by atoms with Crippen molar-refractivity contribution < 1.29 is 18.3 Å². The normalized spacial score (nSPS) is 15.1. The number of nitrogens with two attached hydrogens (primary N) is 1. The maximum atomic E-state index is 13.2. The van der Waals surface area contributed by atoms with E-state index in [1.54, 1.807) is 0 Å². The Labute approximate surface area is 85.5 Å². The number of aliphatic hydroxyl groups is 1. The van der Waals surface area contributed by atoms with Crippen molar-refractivity contribution in [1.82, 2.24) is 0 Å². The highest BCUT2D eigenvalue weighted by atomic mass is 19.2. The molecule has 1 unspecified atom stereocenters. The van der Waals surface area contributed by atoms with Gasteiger partial charge >= 0.3 is 0 Å². The average Bonchev–Trinajstić information content (AvgIpc) is 2.14. The van der Waals surface area contributed by atoms with Gasteiger partial charge in [0.2, 0.25) is 0 Å². The fourth-order valence-electron chi connectivity index (χ4n) is 1.19. The first kappa shape index (κ1) is 12.0. The molecule has 2 nitrogen and oxygen atoms in total. The Kier molecular flexibility index (Phi) is 3.36. The van der Waals surface area contributed by atoms with Crippen molar-refractivity contribution in [2.24, 2.45) is 5.73 Å². The topological polar surface area (TPSA) is 46.2 Å². The largest absolute Gasteiger partial charge is 0.394 e. The number of benzene rings is 1. The Morgan fingerprint density at radius 1 is 1.20 bits per heavy atom. The first-order valence-corrected chi connectivity index (χ1v) is 4.39. The number of rotatable bonds is 3. The van der Waals surface area contributed by atoms with Crippen molar-refractivity contribution >= 4 is 0 Å². The lowest BCUT2D eigenvalue weighted by Gasteiger charge is -2.21. The third-order valence-electron chi connectivity index (χ3n) is 2.04. The third-order valence-corrected chi connectivity index (χ3v) is 2.04. The van der Waals surface area contributed by atoms with E-state index in [1.807, 2.05) is 0 Å². The van der Waals surface area contributed by atoms with Crippen LogP contribution in [0, 0.1) is 17.5 Å². The van der Waals surface area contributed by atoms with Gasteiger partial charge in [0.05, 0.1) is 6.61 Å². The summed E-state index contributed by atoms with van der Waals surface area (Å²) in [5.74, 6) is -3.22. The van der Waals surface area contributed by atoms with Crippen molar-refractivity contribution in [2.45, 2.75) is 18.9 Å². The van der Waals surface area contributed by atoms with Crippen LogP contribution in [-0.4, -0.2) is 17.3 Å². The molecule has 0 saturated heterocycles. The molecule has 3 N–H and O–H groups in total. The fourth-order valence-corrected chi connectivity index (χ4v) is 1.19. The quantitative estimate of drug-likeness (QED) is 0.754. The number of hydrogen-bond donors (Lipinski definition) is 2. The molecule has 0 saturated carbocycles. The van der Waals surface area contributed by atoms with Gasteiger partial charge in [0.1, 0.15) is 5.82 Å². The summed E-state index contributed by atoms with van der Waals surface area (Å²) in [4.78, 5) is 0. The second kappa shape index (κ2) is 4.20. The molecular formula is C10H12F3NO. The van der Waals surface area contributed by atoms with E-state index in [0.29, 0.717) is 6.07 Å². The van der Waals surface area contributed by atoms with E-state index in [0.717, 1.165) is 6.07 Å². The summed E-state index contributed by atoms with van der Waals surface area (Å²) in [5.41, 5.74) is 4.47. The smallest absolute Gasteiger partial charge is 0.161 e. The van der Waals surface area contributed by atoms with E-state index in [4.69, 9.17) is 10.8 Å². The Balaban J connectivity index is 3.01. The highest BCUT2D eigenvalue weighted by molar-refractivity contribution is 5.22. The minimum absolute atomic E-state index is 0.0482. The molecule has 0 radical (unpaired) electrons. The van der Waals surface area contributed by atoms with Crippen LogP contribution in [0.2, 0.25) is 0 Å². The molecule has 1 aromatic rings. The first-order valence-electron chi connectivity index (χ1n) is 4.39. The minimum Gasteiger partial charge on any atom is -0.394 e. The van der Waals surface area contributed by atoms with Crippen molar-refractivity contribution in [3.8, 4) is 0 Å². The SMILES string of the molecule is CC(N)(CO)Cc1cc(F)c(F)cc1F. The Bertz CT molecular complexity index is 366. The van der Waals surface area contributed by atoms with Crippen LogP contribution in [0.4, 0.5) is 13.2 Å². The molecule has 0 bridgehead atoms. The number of halogens is 3. The zero-order valence-corrected chi connectivity index (χ0v) is 8.23. The van der Waals surface area contributed by atoms with Crippen LogP contribution >= 0.6 is 0 Å². The maximum Gasteiger partial charge on any atom is 0.161 e. The van der Waals surface area contributed by atoms with Crippen molar-refractivity contribution in [3.05, 3.63) is 35.1 Å². The molecule has 84 valence electrons. The molecule has 0 aliphatic heterocycles. The monoisotopic (exact) mass is 219 g/mol. The Morgan fingerprint density at radius 3 is 2.27 bits per heavy atom. The van der Waals surface area contributed by atoms with Gasteiger partial charge in [-0.3, -0.25) is 0 Å². The van der Waals surface area contributed by atoms with Crippen LogP contribution in [0.25, 0.3) is 0 Å². The molecule has 0 spiro atoms. The molecule has 1 aromatic carbocycles. The van der Waals surface area contributed by atoms with Gasteiger partial charge in [-0.1, -0.05) is 0 Å². The van der Waals surface area contributed by atoms with Gasteiger partial charge in [-0.15, -0.1) is 0 Å². The van der Waals surface area contributed by atoms with Gasteiger partial charge in [-0.05, 0) is 25.0 Å². The van der Waals surface area contributed by atoms with Gasteiger partial charge in [0.15, 0.2) is 11.6 Å². The summed E-state index contributed by atoms with van der Waals surface area (Å²) in [6.45, 7) is 1.12. The molecule has 1 atom stereocenters. The van der Waals surface area contributed by atoms with Gasteiger partial charge in [-0.25, -0.2) is 13.2 Å². The lowest BCUT2D eigenvalue weighted by Crippen LogP contribution is -2.42. The summed E-state index contributed by atoms with van der Waals surface area (Å²) < 4.78 is 38.5. The molecule has 5 heteroatoms. The first-order chi connectivity index (χ1) is 6.85. The molecule has 0 amide bonds. The molecule has 0 fully saturated rings. The van der Waals surface area contributed by atoms with Gasteiger partial charge < -0.3 is 10.8 Å². The van der Waals surface area contributed by atoms with Crippen molar-refractivity contribution in [2.75, 3.05) is 6.61 Å². The molecule has 0 aliphatic rings. The molecular weight excluding hydrogens is 207 g/mol. The van der Waals surface area contributed by atoms with E-state index in [-0.39, 0.29) is 18.6 Å². The van der Waals surface area contributed by atoms with E-state index in [2.05, 4.69) is 0 Å². The van der Waals surface area contributed by atoms with Gasteiger partial charge in [-0.2, -0.15) is 0 Å². The van der Waals surface area contributed by atoms with E-state index in [9.17, 15) is 13.2 Å². The van der Waals surface area contributed by atoms with Crippen LogP contribution in [0.1, 0.15) is 12.5 Å². The zero-order valence-electron chi connectivity index (χ0n) is 8.23. The van der Waals surface area contributed by atoms with Crippen LogP contribution in [0.15, 0.2) is 12.1 Å². The summed E-state index contributed by atoms with van der Waals surface area (Å²) in [7, 11) is 0. The summed E-state index contributed by atoms with van der Waals surface area (Å²) in [6, 6.07) is 1.23. The molecule has 15 heavy (non-hydrogen) atoms. The second-order valence-electron chi connectivity index (χ2n) is 3.85. The Hall–Kier alpha value is -1.07. The fraction of sp³-hybridized carbons (Fsp3) is 0.400. The highest BCUT2D eigenvalue weighted by Crippen LogP contribution is 2.17. The van der Waals surface area contributed by atoms with Crippen molar-refractivity contribution in [1.29, 1.82) is 0 Å². The summed E-state index contributed by atoms with van der Waals surface area (Å²) in [6.07, 6.45) is -0.0630. The predicted molar refractivity (Wildman–Crippen MR) is 49.7 cm³/mol. The zero-order chi connectivity index (χ0) is 11.6. The summed E-state index contributed by atoms with van der Waals surface area (Å²) in [5, 5.41) is 8.85. The standard InChI is InChI=1S/C10H12F3NO/c1-10(14,5-15)4-6-2-8(12)9(13)3-7(6)11/h2-3,15H,4-5,14H2,1H3. The number of hydrogen-bond acceptors (Lipinski definition) is 2. The van der Waals surface area contributed by atoms with Gasteiger partial charge in [0.25, 0.3) is 0 Å². The Morgan fingerprint density at radius 2 is 1.73 bits per heavy atom. The molecule has 0 aliphatic carbocycles. The molecule has 0 aromatic heterocycles. The lowest BCUT2D eigenvalue weighted by atomic mass is 9.94. The second-order valence-corrected chi connectivity index (χ2v) is 3.85. The van der Waals surface area contributed by atoms with Crippen LogP contribution < -0.4 is 5.73 Å². The van der Waals surface area contributed by atoms with Crippen LogP contribution in [-0.2, 0) is 6.42 Å². The number of aliphatic hydroxyl groups excluding tert-OH is 1. The highest BCUT2D eigenvalue weighted by Gasteiger charge is 2.21. The maximum absolute atomic E-state index is 13.2. The van der Waals surface area contributed by atoms with Crippen LogP contribution in [0.5, 0.6) is 0 Å². The molecule has 1 rings (SSSR count). The van der Waals surface area contributed by atoms with E-state index in [1.165, 1.54) is 6.92 Å². The van der Waals surface area contributed by atoms with Gasteiger partial charge in [0, 0.05) is 11.6 Å². The van der Waals surface area contributed by atoms with Crippen LogP contribution in [0.3, 0.4) is 0 Å². The average molecular weight is 219 g/mol. The summed E-state index contributed by atoms with van der Waals surface area (Å²) >= 11 is 0. The minimum atomic E-state index is -1.24. The lowest BCUT2D eigenvalue weighted by molar-refractivity contribution is 0.207. The van der Waals surface area contributed by atoms with E-state index < -0.39 is 23.0 Å². The van der Waals surface area contributed by atoms with Crippen molar-refractivity contribution in [3.63, 3.8) is 0 Å². The third kappa shape index (κ3) is 2.94.